The number of ether oxygens (including phenoxy) is 1. The SMILES string of the molecule is Cc1cc(=O)n2nc(COC(=O)CCn3c(=O)oc4ccccc43)sc2n1. The van der Waals surface area contributed by atoms with E-state index in [0.29, 0.717) is 26.8 Å². The van der Waals surface area contributed by atoms with Gasteiger partial charge in [0.2, 0.25) is 4.96 Å². The zero-order chi connectivity index (χ0) is 19.0. The Morgan fingerprint density at radius 2 is 2.11 bits per heavy atom. The third-order valence-corrected chi connectivity index (χ3v) is 4.77. The van der Waals surface area contributed by atoms with Crippen LogP contribution in [-0.2, 0) is 22.7 Å². The van der Waals surface area contributed by atoms with E-state index in [0.717, 1.165) is 0 Å². The van der Waals surface area contributed by atoms with Crippen molar-refractivity contribution in [1.82, 2.24) is 19.2 Å². The molecule has 0 fully saturated rings. The summed E-state index contributed by atoms with van der Waals surface area (Å²) < 4.78 is 12.9. The number of hydrogen-bond donors (Lipinski definition) is 0. The van der Waals surface area contributed by atoms with Crippen LogP contribution in [0.25, 0.3) is 16.1 Å². The Balaban J connectivity index is 1.41. The first-order chi connectivity index (χ1) is 13.0. The first kappa shape index (κ1) is 17.2. The second-order valence-electron chi connectivity index (χ2n) is 5.82. The van der Waals surface area contributed by atoms with Crippen LogP contribution in [-0.4, -0.2) is 25.1 Å². The van der Waals surface area contributed by atoms with Crippen LogP contribution < -0.4 is 11.3 Å². The third-order valence-electron chi connectivity index (χ3n) is 3.88. The average molecular weight is 386 g/mol. The van der Waals surface area contributed by atoms with Crippen molar-refractivity contribution in [1.29, 1.82) is 0 Å². The molecule has 0 atom stereocenters. The molecule has 4 aromatic rings. The van der Waals surface area contributed by atoms with Gasteiger partial charge in [-0.2, -0.15) is 9.61 Å². The Labute approximate surface area is 155 Å². The topological polar surface area (TPSA) is 109 Å². The lowest BCUT2D eigenvalue weighted by atomic mass is 10.3. The van der Waals surface area contributed by atoms with Crippen molar-refractivity contribution in [3.05, 3.63) is 61.9 Å². The van der Waals surface area contributed by atoms with E-state index in [9.17, 15) is 14.4 Å². The highest BCUT2D eigenvalue weighted by Gasteiger charge is 2.13. The molecule has 10 heteroatoms. The second-order valence-corrected chi connectivity index (χ2v) is 6.86. The number of fused-ring (bicyclic) bond motifs is 2. The number of carbonyl (C=O) groups excluding carboxylic acids is 1. The molecule has 138 valence electrons. The summed E-state index contributed by atoms with van der Waals surface area (Å²) in [7, 11) is 0. The summed E-state index contributed by atoms with van der Waals surface area (Å²) in [6.45, 7) is 1.81. The monoisotopic (exact) mass is 386 g/mol. The predicted octanol–water partition coefficient (Wildman–Crippen LogP) is 1.50. The maximum atomic E-state index is 12.0. The van der Waals surface area contributed by atoms with E-state index in [1.54, 1.807) is 31.2 Å². The van der Waals surface area contributed by atoms with E-state index < -0.39 is 11.7 Å². The molecule has 0 N–H and O–H groups in total. The molecule has 0 bridgehead atoms. The van der Waals surface area contributed by atoms with Gasteiger partial charge in [-0.05, 0) is 19.1 Å². The van der Waals surface area contributed by atoms with Crippen LogP contribution in [0.5, 0.6) is 0 Å². The number of carbonyl (C=O) groups is 1. The molecule has 3 heterocycles. The fourth-order valence-electron chi connectivity index (χ4n) is 2.66. The number of aryl methyl sites for hydroxylation is 2. The number of rotatable bonds is 5. The summed E-state index contributed by atoms with van der Waals surface area (Å²) in [6.07, 6.45) is 0.00559. The Morgan fingerprint density at radius 3 is 2.96 bits per heavy atom. The van der Waals surface area contributed by atoms with Crippen molar-refractivity contribution in [3.63, 3.8) is 0 Å². The lowest BCUT2D eigenvalue weighted by Crippen LogP contribution is -2.17. The highest BCUT2D eigenvalue weighted by molar-refractivity contribution is 7.16. The van der Waals surface area contributed by atoms with Gasteiger partial charge in [-0.15, -0.1) is 0 Å². The molecule has 4 rings (SSSR count). The molecular weight excluding hydrogens is 372 g/mol. The normalized spacial score (nSPS) is 11.3. The van der Waals surface area contributed by atoms with Crippen molar-refractivity contribution in [2.75, 3.05) is 0 Å². The number of aromatic nitrogens is 4. The minimum Gasteiger partial charge on any atom is -0.458 e. The summed E-state index contributed by atoms with van der Waals surface area (Å²) in [5.74, 6) is -1.00. The number of hydrogen-bond acceptors (Lipinski definition) is 8. The number of esters is 1. The molecule has 0 unspecified atom stereocenters. The van der Waals surface area contributed by atoms with E-state index in [1.807, 2.05) is 0 Å². The van der Waals surface area contributed by atoms with Crippen molar-refractivity contribution in [2.24, 2.45) is 0 Å². The van der Waals surface area contributed by atoms with E-state index in [-0.39, 0.29) is 25.1 Å². The van der Waals surface area contributed by atoms with Gasteiger partial charge in [-0.1, -0.05) is 23.5 Å². The first-order valence-corrected chi connectivity index (χ1v) is 8.93. The van der Waals surface area contributed by atoms with Gasteiger partial charge in [0.05, 0.1) is 11.9 Å². The molecule has 0 amide bonds. The standard InChI is InChI=1S/C17H14N4O5S/c1-10-8-14(22)21-16(18-10)27-13(19-21)9-25-15(23)6-7-20-11-4-2-3-5-12(11)26-17(20)24/h2-5,8H,6-7,9H2,1H3. The highest BCUT2D eigenvalue weighted by Crippen LogP contribution is 2.14. The smallest absolute Gasteiger partial charge is 0.419 e. The molecule has 0 aliphatic heterocycles. The zero-order valence-electron chi connectivity index (χ0n) is 14.2. The lowest BCUT2D eigenvalue weighted by Gasteiger charge is -2.03. The van der Waals surface area contributed by atoms with Gasteiger partial charge in [0.15, 0.2) is 10.6 Å². The number of nitrogens with zero attached hydrogens (tertiary/aromatic N) is 4. The van der Waals surface area contributed by atoms with Crippen LogP contribution in [0.2, 0.25) is 0 Å². The average Bonchev–Trinajstić information content (AvgIpc) is 3.18. The van der Waals surface area contributed by atoms with Crippen molar-refractivity contribution in [3.8, 4) is 0 Å². The molecule has 0 saturated heterocycles. The van der Waals surface area contributed by atoms with Gasteiger partial charge in [-0.25, -0.2) is 9.78 Å². The number of benzene rings is 1. The molecule has 9 nitrogen and oxygen atoms in total. The van der Waals surface area contributed by atoms with Gasteiger partial charge in [0.1, 0.15) is 6.61 Å². The van der Waals surface area contributed by atoms with Crippen LogP contribution in [0.1, 0.15) is 17.1 Å². The van der Waals surface area contributed by atoms with Gasteiger partial charge in [-0.3, -0.25) is 14.2 Å². The summed E-state index contributed by atoms with van der Waals surface area (Å²) in [6, 6.07) is 8.38. The van der Waals surface area contributed by atoms with Crippen molar-refractivity contribution in [2.45, 2.75) is 26.5 Å². The van der Waals surface area contributed by atoms with E-state index in [4.69, 9.17) is 9.15 Å². The molecule has 27 heavy (non-hydrogen) atoms. The Bertz CT molecular complexity index is 1270. The van der Waals surface area contributed by atoms with Gasteiger partial charge in [0.25, 0.3) is 5.56 Å². The molecule has 0 aliphatic carbocycles. The fourth-order valence-corrected chi connectivity index (χ4v) is 3.52. The van der Waals surface area contributed by atoms with E-state index >= 15 is 0 Å². The van der Waals surface area contributed by atoms with Gasteiger partial charge < -0.3 is 9.15 Å². The van der Waals surface area contributed by atoms with Gasteiger partial charge in [0, 0.05) is 18.3 Å². The van der Waals surface area contributed by atoms with Crippen molar-refractivity contribution >= 4 is 33.4 Å². The summed E-state index contributed by atoms with van der Waals surface area (Å²) in [5, 5.41) is 4.57. The van der Waals surface area contributed by atoms with Gasteiger partial charge >= 0.3 is 11.7 Å². The molecule has 0 radical (unpaired) electrons. The summed E-state index contributed by atoms with van der Waals surface area (Å²) in [5.41, 5.74) is 1.42. The van der Waals surface area contributed by atoms with Crippen LogP contribution in [0.15, 0.2) is 44.3 Å². The Hall–Kier alpha value is -3.27. The minimum absolute atomic E-state index is 0.00559. The molecular formula is C17H14N4O5S. The zero-order valence-corrected chi connectivity index (χ0v) is 15.1. The quantitative estimate of drug-likeness (QED) is 0.478. The molecule has 3 aromatic heterocycles. The van der Waals surface area contributed by atoms with E-state index in [2.05, 4.69) is 10.1 Å². The van der Waals surface area contributed by atoms with Crippen LogP contribution >= 0.6 is 11.3 Å². The maximum absolute atomic E-state index is 12.0. The second kappa shape index (κ2) is 6.80. The lowest BCUT2D eigenvalue weighted by molar-refractivity contribution is -0.145. The number of oxazole rings is 1. The maximum Gasteiger partial charge on any atom is 0.419 e. The summed E-state index contributed by atoms with van der Waals surface area (Å²) >= 11 is 1.18. The Morgan fingerprint density at radius 1 is 1.30 bits per heavy atom. The van der Waals surface area contributed by atoms with Crippen LogP contribution in [0.3, 0.4) is 0 Å². The predicted molar refractivity (Wildman–Crippen MR) is 96.8 cm³/mol. The third kappa shape index (κ3) is 3.38. The highest BCUT2D eigenvalue weighted by atomic mass is 32.1. The van der Waals surface area contributed by atoms with Crippen LogP contribution in [0, 0.1) is 6.92 Å². The fraction of sp³-hybridized carbons (Fsp3) is 0.235. The molecule has 1 aromatic carbocycles. The molecule has 0 saturated carbocycles. The van der Waals surface area contributed by atoms with Crippen LogP contribution in [0.4, 0.5) is 0 Å². The van der Waals surface area contributed by atoms with Crippen molar-refractivity contribution < 1.29 is 13.9 Å². The summed E-state index contributed by atoms with van der Waals surface area (Å²) in [4.78, 5) is 40.4. The minimum atomic E-state index is -0.518. The largest absolute Gasteiger partial charge is 0.458 e. The molecule has 0 spiro atoms. The number of para-hydroxylation sites is 2. The van der Waals surface area contributed by atoms with E-state index in [1.165, 1.54) is 26.5 Å². The first-order valence-electron chi connectivity index (χ1n) is 8.11. The Kier molecular flexibility index (Phi) is 4.32. The molecule has 0 aliphatic rings.